The van der Waals surface area contributed by atoms with Gasteiger partial charge in [-0.1, -0.05) is 6.07 Å². The van der Waals surface area contributed by atoms with Gasteiger partial charge >= 0.3 is 0 Å². The van der Waals surface area contributed by atoms with Crippen molar-refractivity contribution in [3.05, 3.63) is 36.4 Å². The molecule has 3 rings (SSSR count). The number of hydrogen-bond acceptors (Lipinski definition) is 6. The fourth-order valence-electron chi connectivity index (χ4n) is 2.15. The number of H-pyrrole nitrogens is 1. The lowest BCUT2D eigenvalue weighted by atomic mass is 10.3. The number of aromatic nitrogens is 3. The first-order valence-electron chi connectivity index (χ1n) is 6.59. The summed E-state index contributed by atoms with van der Waals surface area (Å²) in [6.45, 7) is 0. The average molecular weight is 334 g/mol. The SMILES string of the molecule is COc1ccc(S(=O)(=O)Nc2cccc3n[nH]nc23)c(OC)c1. The molecule has 0 spiro atoms. The zero-order valence-electron chi connectivity index (χ0n) is 12.4. The molecule has 8 nitrogen and oxygen atoms in total. The molecule has 0 aliphatic carbocycles. The van der Waals surface area contributed by atoms with E-state index in [1.807, 2.05) is 0 Å². The Morgan fingerprint density at radius 1 is 1.09 bits per heavy atom. The highest BCUT2D eigenvalue weighted by atomic mass is 32.2. The minimum Gasteiger partial charge on any atom is -0.497 e. The summed E-state index contributed by atoms with van der Waals surface area (Å²) in [6, 6.07) is 9.50. The summed E-state index contributed by atoms with van der Waals surface area (Å²) >= 11 is 0. The third-order valence-corrected chi connectivity index (χ3v) is 4.66. The smallest absolute Gasteiger partial charge is 0.265 e. The van der Waals surface area contributed by atoms with Gasteiger partial charge in [0.1, 0.15) is 27.4 Å². The van der Waals surface area contributed by atoms with Gasteiger partial charge < -0.3 is 9.47 Å². The Bertz CT molecular complexity index is 952. The topological polar surface area (TPSA) is 106 Å². The molecule has 0 saturated heterocycles. The standard InChI is InChI=1S/C14H14N4O4S/c1-21-9-6-7-13(12(8-9)22-2)23(19,20)17-11-5-3-4-10-14(11)16-18-15-10/h3-8,17H,1-2H3,(H,15,16,18). The van der Waals surface area contributed by atoms with Crippen molar-refractivity contribution in [3.63, 3.8) is 0 Å². The van der Waals surface area contributed by atoms with Crippen LogP contribution in [0.2, 0.25) is 0 Å². The van der Waals surface area contributed by atoms with Gasteiger partial charge in [0.05, 0.1) is 19.9 Å². The zero-order valence-corrected chi connectivity index (χ0v) is 13.2. The number of anilines is 1. The molecule has 0 aliphatic rings. The number of sulfonamides is 1. The molecule has 0 amide bonds. The largest absolute Gasteiger partial charge is 0.497 e. The molecule has 0 fully saturated rings. The lowest BCUT2D eigenvalue weighted by molar-refractivity contribution is 0.386. The Hall–Kier alpha value is -2.81. The van der Waals surface area contributed by atoms with Crippen LogP contribution in [0.5, 0.6) is 11.5 Å². The maximum absolute atomic E-state index is 12.7. The quantitative estimate of drug-likeness (QED) is 0.736. The van der Waals surface area contributed by atoms with Gasteiger partial charge in [-0.3, -0.25) is 4.72 Å². The molecule has 1 heterocycles. The van der Waals surface area contributed by atoms with E-state index < -0.39 is 10.0 Å². The molecule has 0 radical (unpaired) electrons. The molecule has 2 N–H and O–H groups in total. The maximum atomic E-state index is 12.7. The number of rotatable bonds is 5. The molecular weight excluding hydrogens is 320 g/mol. The molecule has 0 saturated carbocycles. The Morgan fingerprint density at radius 3 is 2.65 bits per heavy atom. The van der Waals surface area contributed by atoms with Gasteiger partial charge in [0.25, 0.3) is 10.0 Å². The normalized spacial score (nSPS) is 11.4. The molecule has 0 atom stereocenters. The van der Waals surface area contributed by atoms with Crippen LogP contribution < -0.4 is 14.2 Å². The first kappa shape index (κ1) is 15.1. The molecule has 3 aromatic rings. The van der Waals surface area contributed by atoms with Crippen molar-refractivity contribution in [2.75, 3.05) is 18.9 Å². The van der Waals surface area contributed by atoms with Crippen LogP contribution in [0.4, 0.5) is 5.69 Å². The molecule has 1 aromatic heterocycles. The van der Waals surface area contributed by atoms with Crippen LogP contribution in [0.3, 0.4) is 0 Å². The molecule has 0 bridgehead atoms. The van der Waals surface area contributed by atoms with E-state index in [4.69, 9.17) is 9.47 Å². The third-order valence-electron chi connectivity index (χ3n) is 3.25. The molecule has 0 unspecified atom stereocenters. The van der Waals surface area contributed by atoms with E-state index in [9.17, 15) is 8.42 Å². The highest BCUT2D eigenvalue weighted by Gasteiger charge is 2.21. The Labute approximate surface area is 132 Å². The van der Waals surface area contributed by atoms with E-state index in [1.165, 1.54) is 26.4 Å². The Balaban J connectivity index is 2.04. The van der Waals surface area contributed by atoms with Crippen molar-refractivity contribution in [1.82, 2.24) is 15.4 Å². The van der Waals surface area contributed by atoms with E-state index in [-0.39, 0.29) is 10.6 Å². The second-order valence-electron chi connectivity index (χ2n) is 4.62. The predicted molar refractivity (Wildman–Crippen MR) is 84.2 cm³/mol. The minimum atomic E-state index is -3.86. The van der Waals surface area contributed by atoms with Crippen molar-refractivity contribution < 1.29 is 17.9 Å². The highest BCUT2D eigenvalue weighted by Crippen LogP contribution is 2.30. The van der Waals surface area contributed by atoms with Gasteiger partial charge in [0.15, 0.2) is 0 Å². The molecule has 23 heavy (non-hydrogen) atoms. The van der Waals surface area contributed by atoms with E-state index in [0.717, 1.165) is 0 Å². The first-order valence-corrected chi connectivity index (χ1v) is 8.08. The predicted octanol–water partition coefficient (Wildman–Crippen LogP) is 1.78. The molecular formula is C14H14N4O4S. The average Bonchev–Trinajstić information content (AvgIpc) is 3.03. The number of fused-ring (bicyclic) bond motifs is 1. The minimum absolute atomic E-state index is 0.00120. The van der Waals surface area contributed by atoms with Crippen molar-refractivity contribution in [2.45, 2.75) is 4.90 Å². The fraction of sp³-hybridized carbons (Fsp3) is 0.143. The van der Waals surface area contributed by atoms with Crippen LogP contribution in [0, 0.1) is 0 Å². The van der Waals surface area contributed by atoms with E-state index in [2.05, 4.69) is 20.1 Å². The summed E-state index contributed by atoms with van der Waals surface area (Å²) in [6.07, 6.45) is 0. The molecule has 9 heteroatoms. The number of nitrogens with zero attached hydrogens (tertiary/aromatic N) is 2. The van der Waals surface area contributed by atoms with Crippen LogP contribution >= 0.6 is 0 Å². The van der Waals surface area contributed by atoms with E-state index in [1.54, 1.807) is 24.3 Å². The van der Waals surface area contributed by atoms with Gasteiger partial charge in [-0.25, -0.2) is 8.42 Å². The summed E-state index contributed by atoms with van der Waals surface area (Å²) in [5, 5.41) is 10.3. The summed E-state index contributed by atoms with van der Waals surface area (Å²) in [5.74, 6) is 0.684. The highest BCUT2D eigenvalue weighted by molar-refractivity contribution is 7.92. The molecule has 0 aliphatic heterocycles. The first-order chi connectivity index (χ1) is 11.0. The molecule has 2 aromatic carbocycles. The Kier molecular flexibility index (Phi) is 3.78. The summed E-state index contributed by atoms with van der Waals surface area (Å²) in [7, 11) is -0.975. The van der Waals surface area contributed by atoms with E-state index in [0.29, 0.717) is 22.5 Å². The van der Waals surface area contributed by atoms with Crippen molar-refractivity contribution in [2.24, 2.45) is 0 Å². The Morgan fingerprint density at radius 2 is 1.91 bits per heavy atom. The van der Waals surface area contributed by atoms with Crippen molar-refractivity contribution >= 4 is 26.7 Å². The lowest BCUT2D eigenvalue weighted by Crippen LogP contribution is -2.14. The number of hydrogen-bond donors (Lipinski definition) is 2. The number of benzene rings is 2. The van der Waals surface area contributed by atoms with Gasteiger partial charge in [0.2, 0.25) is 0 Å². The second kappa shape index (κ2) is 5.76. The van der Waals surface area contributed by atoms with Gasteiger partial charge in [0, 0.05) is 6.07 Å². The molecule has 120 valence electrons. The summed E-state index contributed by atoms with van der Waals surface area (Å²) < 4.78 is 38.0. The number of para-hydroxylation sites is 1. The van der Waals surface area contributed by atoms with Crippen molar-refractivity contribution in [3.8, 4) is 11.5 Å². The summed E-state index contributed by atoms with van der Waals surface area (Å²) in [4.78, 5) is 0.00120. The van der Waals surface area contributed by atoms with Gasteiger partial charge in [-0.05, 0) is 24.3 Å². The van der Waals surface area contributed by atoms with Crippen LogP contribution in [-0.4, -0.2) is 38.0 Å². The maximum Gasteiger partial charge on any atom is 0.265 e. The lowest BCUT2D eigenvalue weighted by Gasteiger charge is -2.12. The van der Waals surface area contributed by atoms with Crippen LogP contribution in [0.1, 0.15) is 0 Å². The third kappa shape index (κ3) is 2.78. The van der Waals surface area contributed by atoms with Crippen molar-refractivity contribution in [1.29, 1.82) is 0 Å². The number of methoxy groups -OCH3 is 2. The van der Waals surface area contributed by atoms with Crippen LogP contribution in [0.15, 0.2) is 41.3 Å². The fourth-order valence-corrected chi connectivity index (χ4v) is 3.37. The van der Waals surface area contributed by atoms with Gasteiger partial charge in [-0.2, -0.15) is 15.4 Å². The monoisotopic (exact) mass is 334 g/mol. The van der Waals surface area contributed by atoms with E-state index >= 15 is 0 Å². The van der Waals surface area contributed by atoms with Crippen LogP contribution in [0.25, 0.3) is 11.0 Å². The van der Waals surface area contributed by atoms with Gasteiger partial charge in [-0.15, -0.1) is 0 Å². The number of aromatic amines is 1. The summed E-state index contributed by atoms with van der Waals surface area (Å²) in [5.41, 5.74) is 1.32. The van der Waals surface area contributed by atoms with Crippen LogP contribution in [-0.2, 0) is 10.0 Å². The second-order valence-corrected chi connectivity index (χ2v) is 6.27. The number of ether oxygens (including phenoxy) is 2. The zero-order chi connectivity index (χ0) is 16.4. The number of nitrogens with one attached hydrogen (secondary N) is 2.